The van der Waals surface area contributed by atoms with Crippen LogP contribution in [-0.4, -0.2) is 41.6 Å². The van der Waals surface area contributed by atoms with Gasteiger partial charge < -0.3 is 15.2 Å². The number of amides is 1. The van der Waals surface area contributed by atoms with Crippen LogP contribution in [0, 0.1) is 0 Å². The van der Waals surface area contributed by atoms with E-state index in [4.69, 9.17) is 9.84 Å². The van der Waals surface area contributed by atoms with Crippen LogP contribution in [0.15, 0.2) is 24.3 Å². The molecule has 0 aliphatic rings. The van der Waals surface area contributed by atoms with Gasteiger partial charge in [-0.05, 0) is 18.2 Å². The second-order valence-corrected chi connectivity index (χ2v) is 5.22. The summed E-state index contributed by atoms with van der Waals surface area (Å²) in [6, 6.07) is 4.24. The zero-order chi connectivity index (χ0) is 16.6. The van der Waals surface area contributed by atoms with Crippen molar-refractivity contribution < 1.29 is 32.6 Å². The predicted octanol–water partition coefficient (Wildman–Crippen LogP) is 2.02. The van der Waals surface area contributed by atoms with Crippen molar-refractivity contribution in [1.82, 2.24) is 5.32 Å². The zero-order valence-corrected chi connectivity index (χ0v) is 12.2. The average Bonchev–Trinajstić information content (AvgIpc) is 2.44. The van der Waals surface area contributed by atoms with Crippen molar-refractivity contribution in [1.29, 1.82) is 0 Å². The molecular formula is C13H14F3NO4S. The summed E-state index contributed by atoms with van der Waals surface area (Å²) in [7, 11) is 0. The molecule has 1 amide bonds. The highest BCUT2D eigenvalue weighted by molar-refractivity contribution is 7.99. The minimum atomic E-state index is -4.47. The lowest BCUT2D eigenvalue weighted by atomic mass is 10.2. The standard InChI is InChI=1S/C13H14F3NO4S/c14-13(15,16)9-2-1-3-10(6-9)21-7-11(18)17-4-5-22-8-12(19)20/h1-3,6H,4-5,7-8H2,(H,17,18)(H,19,20). The van der Waals surface area contributed by atoms with E-state index in [2.05, 4.69) is 5.32 Å². The number of rotatable bonds is 8. The van der Waals surface area contributed by atoms with Gasteiger partial charge in [0.1, 0.15) is 5.75 Å². The molecule has 0 aliphatic heterocycles. The maximum absolute atomic E-state index is 12.5. The zero-order valence-electron chi connectivity index (χ0n) is 11.4. The van der Waals surface area contributed by atoms with Crippen LogP contribution in [-0.2, 0) is 15.8 Å². The minimum absolute atomic E-state index is 0.0507. The Balaban J connectivity index is 2.31. The van der Waals surface area contributed by atoms with Gasteiger partial charge >= 0.3 is 12.1 Å². The Hall–Kier alpha value is -1.90. The van der Waals surface area contributed by atoms with Gasteiger partial charge in [0.15, 0.2) is 6.61 Å². The van der Waals surface area contributed by atoms with Gasteiger partial charge in [-0.25, -0.2) is 0 Å². The van der Waals surface area contributed by atoms with Gasteiger partial charge in [0, 0.05) is 12.3 Å². The Morgan fingerprint density at radius 1 is 1.32 bits per heavy atom. The van der Waals surface area contributed by atoms with Crippen LogP contribution in [0.5, 0.6) is 5.75 Å². The third-order valence-corrected chi connectivity index (χ3v) is 3.27. The molecular weight excluding hydrogens is 323 g/mol. The lowest BCUT2D eigenvalue weighted by molar-refractivity contribution is -0.137. The molecule has 0 heterocycles. The molecule has 122 valence electrons. The topological polar surface area (TPSA) is 75.6 Å². The first kappa shape index (κ1) is 18.1. The summed E-state index contributed by atoms with van der Waals surface area (Å²) in [6.07, 6.45) is -4.47. The van der Waals surface area contributed by atoms with Crippen molar-refractivity contribution in [3.63, 3.8) is 0 Å². The van der Waals surface area contributed by atoms with Crippen LogP contribution < -0.4 is 10.1 Å². The fraction of sp³-hybridized carbons (Fsp3) is 0.385. The molecule has 0 aromatic heterocycles. The summed E-state index contributed by atoms with van der Waals surface area (Å²) >= 11 is 1.14. The van der Waals surface area contributed by atoms with Crippen LogP contribution >= 0.6 is 11.8 Å². The molecule has 0 unspecified atom stereocenters. The van der Waals surface area contributed by atoms with Crippen LogP contribution in [0.2, 0.25) is 0 Å². The molecule has 2 N–H and O–H groups in total. The van der Waals surface area contributed by atoms with E-state index >= 15 is 0 Å². The molecule has 0 fully saturated rings. The number of benzene rings is 1. The number of carboxylic acids is 1. The Labute approximate surface area is 128 Å². The van der Waals surface area contributed by atoms with Crippen LogP contribution in [0.4, 0.5) is 13.2 Å². The van der Waals surface area contributed by atoms with Gasteiger partial charge in [0.05, 0.1) is 11.3 Å². The lowest BCUT2D eigenvalue weighted by Gasteiger charge is -2.10. The molecule has 1 aromatic carbocycles. The number of nitrogens with one attached hydrogen (secondary N) is 1. The number of hydrogen-bond donors (Lipinski definition) is 2. The fourth-order valence-electron chi connectivity index (χ4n) is 1.38. The molecule has 0 atom stereocenters. The minimum Gasteiger partial charge on any atom is -0.484 e. The summed E-state index contributed by atoms with van der Waals surface area (Å²) in [4.78, 5) is 21.7. The Kier molecular flexibility index (Phi) is 7.03. The summed E-state index contributed by atoms with van der Waals surface area (Å²) in [6.45, 7) is -0.159. The van der Waals surface area contributed by atoms with E-state index in [9.17, 15) is 22.8 Å². The first-order valence-electron chi connectivity index (χ1n) is 6.15. The van der Waals surface area contributed by atoms with E-state index in [1.54, 1.807) is 0 Å². The Morgan fingerprint density at radius 2 is 2.05 bits per heavy atom. The summed E-state index contributed by atoms with van der Waals surface area (Å²) in [5.41, 5.74) is -0.851. The van der Waals surface area contributed by atoms with Gasteiger partial charge in [-0.3, -0.25) is 9.59 Å². The van der Waals surface area contributed by atoms with Crippen molar-refractivity contribution in [2.75, 3.05) is 24.7 Å². The quantitative estimate of drug-likeness (QED) is 0.710. The molecule has 9 heteroatoms. The van der Waals surface area contributed by atoms with Gasteiger partial charge in [0.25, 0.3) is 5.91 Å². The molecule has 0 saturated carbocycles. The lowest BCUT2D eigenvalue weighted by Crippen LogP contribution is -2.30. The van der Waals surface area contributed by atoms with Crippen molar-refractivity contribution in [3.8, 4) is 5.75 Å². The summed E-state index contributed by atoms with van der Waals surface area (Å²) < 4.78 is 42.4. The van der Waals surface area contributed by atoms with E-state index in [0.717, 1.165) is 23.9 Å². The number of thioether (sulfide) groups is 1. The number of aliphatic carboxylic acids is 1. The van der Waals surface area contributed by atoms with Gasteiger partial charge in [0.2, 0.25) is 0 Å². The van der Waals surface area contributed by atoms with Gasteiger partial charge in [-0.1, -0.05) is 6.07 Å². The number of ether oxygens (including phenoxy) is 1. The number of halogens is 3. The molecule has 0 spiro atoms. The molecule has 0 aliphatic carbocycles. The first-order chi connectivity index (χ1) is 10.3. The molecule has 0 bridgehead atoms. The molecule has 0 saturated heterocycles. The number of carboxylic acid groups (broad SMARTS) is 1. The second kappa shape index (κ2) is 8.52. The maximum Gasteiger partial charge on any atom is 0.416 e. The van der Waals surface area contributed by atoms with Crippen molar-refractivity contribution in [2.24, 2.45) is 0 Å². The van der Waals surface area contributed by atoms with Crippen LogP contribution in [0.25, 0.3) is 0 Å². The maximum atomic E-state index is 12.5. The van der Waals surface area contributed by atoms with Crippen LogP contribution in [0.3, 0.4) is 0 Å². The monoisotopic (exact) mass is 337 g/mol. The summed E-state index contributed by atoms with van der Waals surface area (Å²) in [5, 5.41) is 10.9. The predicted molar refractivity (Wildman–Crippen MR) is 74.9 cm³/mol. The van der Waals surface area contributed by atoms with Crippen molar-refractivity contribution >= 4 is 23.6 Å². The Bertz CT molecular complexity index is 522. The highest BCUT2D eigenvalue weighted by atomic mass is 32.2. The number of alkyl halides is 3. The largest absolute Gasteiger partial charge is 0.484 e. The number of carbonyl (C=O) groups is 2. The smallest absolute Gasteiger partial charge is 0.416 e. The third-order valence-electron chi connectivity index (χ3n) is 2.33. The normalized spacial score (nSPS) is 11.0. The molecule has 1 rings (SSSR count). The van der Waals surface area contributed by atoms with E-state index in [1.807, 2.05) is 0 Å². The average molecular weight is 337 g/mol. The van der Waals surface area contributed by atoms with E-state index in [-0.39, 0.29) is 18.0 Å². The second-order valence-electron chi connectivity index (χ2n) is 4.11. The number of hydrogen-bond acceptors (Lipinski definition) is 4. The third kappa shape index (κ3) is 7.21. The first-order valence-corrected chi connectivity index (χ1v) is 7.31. The highest BCUT2D eigenvalue weighted by Gasteiger charge is 2.30. The summed E-state index contributed by atoms with van der Waals surface area (Å²) in [5.74, 6) is -1.12. The molecule has 1 aromatic rings. The SMILES string of the molecule is O=C(O)CSCCNC(=O)COc1cccc(C(F)(F)F)c1. The molecule has 22 heavy (non-hydrogen) atoms. The highest BCUT2D eigenvalue weighted by Crippen LogP contribution is 2.31. The Morgan fingerprint density at radius 3 is 2.68 bits per heavy atom. The van der Waals surface area contributed by atoms with Crippen molar-refractivity contribution in [2.45, 2.75) is 6.18 Å². The van der Waals surface area contributed by atoms with E-state index < -0.39 is 30.2 Å². The van der Waals surface area contributed by atoms with Crippen molar-refractivity contribution in [3.05, 3.63) is 29.8 Å². The fourth-order valence-corrected chi connectivity index (χ4v) is 1.95. The number of carbonyl (C=O) groups excluding carboxylic acids is 1. The van der Waals surface area contributed by atoms with E-state index in [1.165, 1.54) is 12.1 Å². The van der Waals surface area contributed by atoms with E-state index in [0.29, 0.717) is 5.75 Å². The van der Waals surface area contributed by atoms with Gasteiger partial charge in [-0.15, -0.1) is 11.8 Å². The molecule has 5 nitrogen and oxygen atoms in total. The van der Waals surface area contributed by atoms with Crippen LogP contribution in [0.1, 0.15) is 5.56 Å². The molecule has 0 radical (unpaired) electrons. The van der Waals surface area contributed by atoms with Gasteiger partial charge in [-0.2, -0.15) is 13.2 Å².